The van der Waals surface area contributed by atoms with Crippen molar-refractivity contribution < 1.29 is 9.90 Å². The molecule has 1 aromatic carbocycles. The molecule has 0 radical (unpaired) electrons. The number of benzene rings is 1. The van der Waals surface area contributed by atoms with Crippen LogP contribution in [0.15, 0.2) is 24.3 Å². The Morgan fingerprint density at radius 3 is 2.43 bits per heavy atom. The lowest BCUT2D eigenvalue weighted by atomic mass is 9.99. The Hall–Kier alpha value is -1.10. The second-order valence-electron chi connectivity index (χ2n) is 5.62. The molecule has 0 spiro atoms. The molecule has 0 aliphatic carbocycles. The van der Waals surface area contributed by atoms with Crippen molar-refractivity contribution in [3.63, 3.8) is 0 Å². The first-order valence-electron chi connectivity index (χ1n) is 7.46. The standard InChI is InChI=1S/C16H23ClN2O2/c1-13(12-14-2-4-15(17)5-3-14)16(21)19-8-6-18(7-9-19)10-11-20/h2-5,13,20H,6-12H2,1H3. The van der Waals surface area contributed by atoms with E-state index >= 15 is 0 Å². The number of hydrogen-bond acceptors (Lipinski definition) is 3. The van der Waals surface area contributed by atoms with Crippen molar-refractivity contribution in [2.24, 2.45) is 5.92 Å². The lowest BCUT2D eigenvalue weighted by molar-refractivity contribution is -0.136. The number of nitrogens with zero attached hydrogens (tertiary/aromatic N) is 2. The first-order valence-corrected chi connectivity index (χ1v) is 7.84. The van der Waals surface area contributed by atoms with E-state index < -0.39 is 0 Å². The lowest BCUT2D eigenvalue weighted by Crippen LogP contribution is -2.50. The van der Waals surface area contributed by atoms with Gasteiger partial charge in [-0.15, -0.1) is 0 Å². The van der Waals surface area contributed by atoms with E-state index in [-0.39, 0.29) is 18.4 Å². The predicted octanol–water partition coefficient (Wildman–Crippen LogP) is 1.66. The molecule has 1 heterocycles. The molecule has 1 fully saturated rings. The third kappa shape index (κ3) is 4.70. The van der Waals surface area contributed by atoms with Gasteiger partial charge >= 0.3 is 0 Å². The number of hydrogen-bond donors (Lipinski definition) is 1. The van der Waals surface area contributed by atoms with Crippen LogP contribution >= 0.6 is 11.6 Å². The second-order valence-corrected chi connectivity index (χ2v) is 6.06. The summed E-state index contributed by atoms with van der Waals surface area (Å²) >= 11 is 5.87. The Balaban J connectivity index is 1.84. The highest BCUT2D eigenvalue weighted by atomic mass is 35.5. The number of β-amino-alcohol motifs (C(OH)–C–C–N with tert-alkyl or cyclic N) is 1. The van der Waals surface area contributed by atoms with Gasteiger partial charge in [-0.25, -0.2) is 0 Å². The topological polar surface area (TPSA) is 43.8 Å². The first-order chi connectivity index (χ1) is 10.1. The second kappa shape index (κ2) is 7.78. The van der Waals surface area contributed by atoms with Crippen molar-refractivity contribution in [3.05, 3.63) is 34.9 Å². The van der Waals surface area contributed by atoms with Crippen molar-refractivity contribution in [1.82, 2.24) is 9.80 Å². The predicted molar refractivity (Wildman–Crippen MR) is 84.4 cm³/mol. The molecule has 4 nitrogen and oxygen atoms in total. The SMILES string of the molecule is CC(Cc1ccc(Cl)cc1)C(=O)N1CCN(CCO)CC1. The maximum Gasteiger partial charge on any atom is 0.225 e. The van der Waals surface area contributed by atoms with Gasteiger partial charge in [0.05, 0.1) is 6.61 Å². The Labute approximate surface area is 131 Å². The number of carbonyl (C=O) groups excluding carboxylic acids is 1. The number of carbonyl (C=O) groups is 1. The van der Waals surface area contributed by atoms with E-state index in [1.165, 1.54) is 0 Å². The van der Waals surface area contributed by atoms with Crippen LogP contribution in [0.5, 0.6) is 0 Å². The number of piperazine rings is 1. The average Bonchev–Trinajstić information content (AvgIpc) is 2.50. The summed E-state index contributed by atoms with van der Waals surface area (Å²) in [7, 11) is 0. The van der Waals surface area contributed by atoms with Crippen LogP contribution in [0.1, 0.15) is 12.5 Å². The van der Waals surface area contributed by atoms with Gasteiger partial charge in [-0.3, -0.25) is 9.69 Å². The smallest absolute Gasteiger partial charge is 0.225 e. The Morgan fingerprint density at radius 2 is 1.86 bits per heavy atom. The van der Waals surface area contributed by atoms with Crippen LogP contribution in [-0.4, -0.2) is 60.1 Å². The molecule has 116 valence electrons. The van der Waals surface area contributed by atoms with Gasteiger partial charge in [0.15, 0.2) is 0 Å². The molecule has 0 aromatic heterocycles. The molecule has 1 saturated heterocycles. The van der Waals surface area contributed by atoms with Gasteiger partial charge in [0, 0.05) is 43.7 Å². The third-order valence-corrected chi connectivity index (χ3v) is 4.23. The molecule has 1 amide bonds. The van der Waals surface area contributed by atoms with Gasteiger partial charge in [-0.2, -0.15) is 0 Å². The van der Waals surface area contributed by atoms with Crippen molar-refractivity contribution in [2.45, 2.75) is 13.3 Å². The fourth-order valence-electron chi connectivity index (χ4n) is 2.71. The maximum absolute atomic E-state index is 12.5. The molecule has 1 unspecified atom stereocenters. The Morgan fingerprint density at radius 1 is 1.24 bits per heavy atom. The van der Waals surface area contributed by atoms with Crippen molar-refractivity contribution >= 4 is 17.5 Å². The highest BCUT2D eigenvalue weighted by Crippen LogP contribution is 2.15. The number of aliphatic hydroxyl groups excluding tert-OH is 1. The molecule has 1 N–H and O–H groups in total. The quantitative estimate of drug-likeness (QED) is 0.899. The monoisotopic (exact) mass is 310 g/mol. The zero-order valence-electron chi connectivity index (χ0n) is 12.5. The van der Waals surface area contributed by atoms with Gasteiger partial charge in [0.1, 0.15) is 0 Å². The summed E-state index contributed by atoms with van der Waals surface area (Å²) in [5.74, 6) is 0.198. The number of aliphatic hydroxyl groups is 1. The van der Waals surface area contributed by atoms with Gasteiger partial charge in [-0.05, 0) is 24.1 Å². The average molecular weight is 311 g/mol. The summed E-state index contributed by atoms with van der Waals surface area (Å²) in [6, 6.07) is 7.68. The zero-order valence-corrected chi connectivity index (χ0v) is 13.2. The van der Waals surface area contributed by atoms with Crippen LogP contribution in [0.2, 0.25) is 5.02 Å². The molecular formula is C16H23ClN2O2. The van der Waals surface area contributed by atoms with E-state index in [0.717, 1.165) is 43.2 Å². The minimum absolute atomic E-state index is 0.0180. The van der Waals surface area contributed by atoms with E-state index in [0.29, 0.717) is 6.54 Å². The van der Waals surface area contributed by atoms with Crippen LogP contribution in [0.3, 0.4) is 0 Å². The fraction of sp³-hybridized carbons (Fsp3) is 0.562. The van der Waals surface area contributed by atoms with Crippen LogP contribution in [-0.2, 0) is 11.2 Å². The molecule has 1 aromatic rings. The van der Waals surface area contributed by atoms with Crippen LogP contribution < -0.4 is 0 Å². The lowest BCUT2D eigenvalue weighted by Gasteiger charge is -2.35. The number of amides is 1. The normalized spacial score (nSPS) is 17.8. The summed E-state index contributed by atoms with van der Waals surface area (Å²) in [5.41, 5.74) is 1.14. The summed E-state index contributed by atoms with van der Waals surface area (Å²) in [4.78, 5) is 16.6. The van der Waals surface area contributed by atoms with Gasteiger partial charge in [0.2, 0.25) is 5.91 Å². The van der Waals surface area contributed by atoms with Gasteiger partial charge in [0.25, 0.3) is 0 Å². The molecule has 21 heavy (non-hydrogen) atoms. The van der Waals surface area contributed by atoms with E-state index in [4.69, 9.17) is 16.7 Å². The third-order valence-electron chi connectivity index (χ3n) is 3.98. The number of halogens is 1. The van der Waals surface area contributed by atoms with E-state index in [1.54, 1.807) is 0 Å². The summed E-state index contributed by atoms with van der Waals surface area (Å²) in [6.07, 6.45) is 0.743. The molecule has 2 rings (SSSR count). The molecular weight excluding hydrogens is 288 g/mol. The van der Waals surface area contributed by atoms with Crippen molar-refractivity contribution in [3.8, 4) is 0 Å². The highest BCUT2D eigenvalue weighted by molar-refractivity contribution is 6.30. The molecule has 1 aliphatic heterocycles. The number of rotatable bonds is 5. The van der Waals surface area contributed by atoms with Crippen molar-refractivity contribution in [2.75, 3.05) is 39.3 Å². The highest BCUT2D eigenvalue weighted by Gasteiger charge is 2.24. The van der Waals surface area contributed by atoms with Gasteiger partial charge < -0.3 is 10.0 Å². The summed E-state index contributed by atoms with van der Waals surface area (Å²) in [6.45, 7) is 6.06. The van der Waals surface area contributed by atoms with Crippen LogP contribution in [0.25, 0.3) is 0 Å². The van der Waals surface area contributed by atoms with Crippen LogP contribution in [0, 0.1) is 5.92 Å². The maximum atomic E-state index is 12.5. The summed E-state index contributed by atoms with van der Waals surface area (Å²) in [5, 5.41) is 9.65. The van der Waals surface area contributed by atoms with Gasteiger partial charge in [-0.1, -0.05) is 30.7 Å². The molecule has 0 saturated carbocycles. The first kappa shape index (κ1) is 16.3. The van der Waals surface area contributed by atoms with E-state index in [1.807, 2.05) is 36.1 Å². The van der Waals surface area contributed by atoms with Crippen LogP contribution in [0.4, 0.5) is 0 Å². The largest absolute Gasteiger partial charge is 0.395 e. The Bertz CT molecular complexity index is 456. The summed E-state index contributed by atoms with van der Waals surface area (Å²) < 4.78 is 0. The van der Waals surface area contributed by atoms with E-state index in [9.17, 15) is 4.79 Å². The molecule has 0 bridgehead atoms. The minimum Gasteiger partial charge on any atom is -0.395 e. The van der Waals surface area contributed by atoms with Crippen molar-refractivity contribution in [1.29, 1.82) is 0 Å². The minimum atomic E-state index is -0.0180. The fourth-order valence-corrected chi connectivity index (χ4v) is 2.83. The molecule has 1 aliphatic rings. The molecule has 1 atom stereocenters. The molecule has 5 heteroatoms. The Kier molecular flexibility index (Phi) is 6.03. The zero-order chi connectivity index (χ0) is 15.2. The van der Waals surface area contributed by atoms with E-state index in [2.05, 4.69) is 4.90 Å².